The molecule has 0 aromatic carbocycles. The monoisotopic (exact) mass is 260 g/mol. The fourth-order valence-electron chi connectivity index (χ4n) is 0.698. The average molecular weight is 260 g/mol. The van der Waals surface area contributed by atoms with Crippen molar-refractivity contribution in [2.45, 2.75) is 52.9 Å². The van der Waals surface area contributed by atoms with E-state index in [-0.39, 0.29) is 5.57 Å². The van der Waals surface area contributed by atoms with Crippen LogP contribution in [0.15, 0.2) is 12.2 Å². The summed E-state index contributed by atoms with van der Waals surface area (Å²) in [5.74, 6) is -2.19. The van der Waals surface area contributed by atoms with Gasteiger partial charge in [0.1, 0.15) is 5.60 Å². The van der Waals surface area contributed by atoms with E-state index in [0.717, 1.165) is 0 Å². The molecule has 0 atom stereocenters. The Kier molecular flexibility index (Phi) is 5.35. The lowest BCUT2D eigenvalue weighted by atomic mass is 10.2. The number of ether oxygens (including phenoxy) is 2. The zero-order valence-corrected chi connectivity index (χ0v) is 11.7. The van der Waals surface area contributed by atoms with E-state index >= 15 is 0 Å². The highest BCUT2D eigenvalue weighted by Crippen LogP contribution is 2.16. The highest BCUT2D eigenvalue weighted by molar-refractivity contribution is 5.86. The summed E-state index contributed by atoms with van der Waals surface area (Å²) in [6, 6.07) is 0. The second-order valence-electron chi connectivity index (χ2n) is 5.20. The third kappa shape index (κ3) is 7.67. The molecule has 0 heterocycles. The van der Waals surface area contributed by atoms with E-state index in [2.05, 4.69) is 11.5 Å². The summed E-state index contributed by atoms with van der Waals surface area (Å²) in [5, 5.41) is 0. The molecule has 0 aliphatic rings. The number of rotatable bonds is 4. The molecule has 0 saturated carbocycles. The maximum absolute atomic E-state index is 11.4. The van der Waals surface area contributed by atoms with E-state index in [4.69, 9.17) is 14.4 Å². The van der Waals surface area contributed by atoms with Gasteiger partial charge in [-0.25, -0.2) is 9.59 Å². The quantitative estimate of drug-likeness (QED) is 0.254. The second kappa shape index (κ2) is 5.86. The molecule has 0 fully saturated rings. The van der Waals surface area contributed by atoms with Gasteiger partial charge in [-0.3, -0.25) is 4.89 Å². The predicted molar refractivity (Wildman–Crippen MR) is 63.4 cm³/mol. The van der Waals surface area contributed by atoms with Crippen LogP contribution in [0.3, 0.4) is 0 Å². The van der Waals surface area contributed by atoms with Gasteiger partial charge in [-0.05, 0) is 27.7 Å². The highest BCUT2D eigenvalue weighted by Gasteiger charge is 2.30. The van der Waals surface area contributed by atoms with Gasteiger partial charge >= 0.3 is 12.1 Å². The average Bonchev–Trinajstić information content (AvgIpc) is 2.09. The number of carbonyl (C=O) groups is 2. The molecule has 0 aromatic rings. The van der Waals surface area contributed by atoms with Crippen molar-refractivity contribution < 1.29 is 28.8 Å². The van der Waals surface area contributed by atoms with Crippen LogP contribution in [0.25, 0.3) is 0 Å². The molecule has 0 N–H and O–H groups in total. The van der Waals surface area contributed by atoms with Crippen LogP contribution in [0.4, 0.5) is 4.79 Å². The Morgan fingerprint density at radius 1 is 1.00 bits per heavy atom. The number of carbonyl (C=O) groups excluding carboxylic acids is 2. The topological polar surface area (TPSA) is 71.1 Å². The molecule has 0 radical (unpaired) electrons. The predicted octanol–water partition coefficient (Wildman–Crippen LogP) is 2.73. The van der Waals surface area contributed by atoms with Crippen LogP contribution < -0.4 is 0 Å². The van der Waals surface area contributed by atoms with E-state index in [1.807, 2.05) is 0 Å². The molecule has 6 heteroatoms. The zero-order valence-electron chi connectivity index (χ0n) is 11.7. The van der Waals surface area contributed by atoms with Crippen LogP contribution >= 0.6 is 0 Å². The minimum atomic E-state index is -1.45. The van der Waals surface area contributed by atoms with Gasteiger partial charge in [-0.1, -0.05) is 6.58 Å². The molecule has 0 aliphatic carbocycles. The minimum Gasteiger partial charge on any atom is -0.428 e. The van der Waals surface area contributed by atoms with Gasteiger partial charge < -0.3 is 9.47 Å². The largest absolute Gasteiger partial charge is 0.511 e. The van der Waals surface area contributed by atoms with E-state index < -0.39 is 23.5 Å². The first-order valence-corrected chi connectivity index (χ1v) is 5.40. The van der Waals surface area contributed by atoms with E-state index in [9.17, 15) is 9.59 Å². The van der Waals surface area contributed by atoms with Gasteiger partial charge in [0, 0.05) is 19.4 Å². The molecule has 104 valence electrons. The van der Waals surface area contributed by atoms with Gasteiger partial charge in [0.05, 0.1) is 0 Å². The molecule has 0 aromatic heterocycles. The molecule has 18 heavy (non-hydrogen) atoms. The van der Waals surface area contributed by atoms with E-state index in [0.29, 0.717) is 0 Å². The summed E-state index contributed by atoms with van der Waals surface area (Å²) in [5.41, 5.74) is -0.510. The van der Waals surface area contributed by atoms with Crippen molar-refractivity contribution in [3.05, 3.63) is 12.2 Å². The Morgan fingerprint density at radius 2 is 1.50 bits per heavy atom. The van der Waals surface area contributed by atoms with Crippen LogP contribution in [0, 0.1) is 0 Å². The second-order valence-corrected chi connectivity index (χ2v) is 5.20. The van der Waals surface area contributed by atoms with Crippen molar-refractivity contribution in [1.29, 1.82) is 0 Å². The van der Waals surface area contributed by atoms with Crippen LogP contribution in [0.1, 0.15) is 41.5 Å². The van der Waals surface area contributed by atoms with Crippen LogP contribution in [0.5, 0.6) is 0 Å². The maximum Gasteiger partial charge on any atom is 0.511 e. The summed E-state index contributed by atoms with van der Waals surface area (Å²) in [7, 11) is 0. The van der Waals surface area contributed by atoms with Crippen LogP contribution in [-0.2, 0) is 24.0 Å². The summed E-state index contributed by atoms with van der Waals surface area (Å²) in [4.78, 5) is 31.6. The van der Waals surface area contributed by atoms with Gasteiger partial charge in [0.2, 0.25) is 0 Å². The highest BCUT2D eigenvalue weighted by atomic mass is 17.2. The molecule has 0 aliphatic heterocycles. The van der Waals surface area contributed by atoms with Crippen molar-refractivity contribution in [2.24, 2.45) is 0 Å². The van der Waals surface area contributed by atoms with Crippen LogP contribution in [0.2, 0.25) is 0 Å². The van der Waals surface area contributed by atoms with E-state index in [1.165, 1.54) is 20.8 Å². The zero-order chi connectivity index (χ0) is 14.6. The normalized spacial score (nSPS) is 11.7. The summed E-state index contributed by atoms with van der Waals surface area (Å²) in [6.07, 6.45) is -0.918. The van der Waals surface area contributed by atoms with Crippen molar-refractivity contribution >= 4 is 12.1 Å². The van der Waals surface area contributed by atoms with Crippen molar-refractivity contribution in [2.75, 3.05) is 0 Å². The summed E-state index contributed by atoms with van der Waals surface area (Å²) >= 11 is 0. The summed E-state index contributed by atoms with van der Waals surface area (Å²) in [6.45, 7) is 12.7. The lowest BCUT2D eigenvalue weighted by Gasteiger charge is -2.25. The molecule has 0 rings (SSSR count). The molecular weight excluding hydrogens is 240 g/mol. The van der Waals surface area contributed by atoms with Gasteiger partial charge in [0.25, 0.3) is 5.79 Å². The molecule has 0 bridgehead atoms. The van der Waals surface area contributed by atoms with Crippen molar-refractivity contribution in [3.63, 3.8) is 0 Å². The van der Waals surface area contributed by atoms with E-state index in [1.54, 1.807) is 20.8 Å². The van der Waals surface area contributed by atoms with Gasteiger partial charge in [0.15, 0.2) is 0 Å². The Bertz CT molecular complexity index is 337. The first-order valence-electron chi connectivity index (χ1n) is 5.40. The fraction of sp³-hybridized carbons (Fsp3) is 0.667. The molecule has 0 amide bonds. The third-order valence-electron chi connectivity index (χ3n) is 1.39. The number of hydrogen-bond acceptors (Lipinski definition) is 6. The smallest absolute Gasteiger partial charge is 0.428 e. The van der Waals surface area contributed by atoms with Gasteiger partial charge in [-0.15, -0.1) is 4.89 Å². The molecule has 0 spiro atoms. The molecular formula is C12H20O6. The van der Waals surface area contributed by atoms with Crippen molar-refractivity contribution in [3.8, 4) is 0 Å². The Labute approximate surface area is 107 Å². The maximum atomic E-state index is 11.4. The SMILES string of the molecule is C=C(C)C(=O)OOC(C)(C)OC(=O)OC(C)(C)C. The molecule has 0 saturated heterocycles. The van der Waals surface area contributed by atoms with Gasteiger partial charge in [-0.2, -0.15) is 0 Å². The molecule has 0 unspecified atom stereocenters. The minimum absolute atomic E-state index is 0.170. The third-order valence-corrected chi connectivity index (χ3v) is 1.39. The van der Waals surface area contributed by atoms with Crippen molar-refractivity contribution in [1.82, 2.24) is 0 Å². The fourth-order valence-corrected chi connectivity index (χ4v) is 0.698. The number of hydrogen-bond donors (Lipinski definition) is 0. The Balaban J connectivity index is 4.27. The first-order chi connectivity index (χ1) is 7.93. The van der Waals surface area contributed by atoms with Crippen LogP contribution in [-0.4, -0.2) is 23.5 Å². The molecule has 6 nitrogen and oxygen atoms in total. The lowest BCUT2D eigenvalue weighted by molar-refractivity contribution is -0.379. The Hall–Kier alpha value is -1.56. The standard InChI is InChI=1S/C12H20O6/c1-8(2)9(13)17-18-12(6,7)16-10(14)15-11(3,4)5/h1H2,2-7H3. The first kappa shape index (κ1) is 16.4. The Morgan fingerprint density at radius 3 is 1.89 bits per heavy atom. The summed E-state index contributed by atoms with van der Waals surface area (Å²) < 4.78 is 9.78. The lowest BCUT2D eigenvalue weighted by Crippen LogP contribution is -2.35.